The molecule has 0 bridgehead atoms. The van der Waals surface area contributed by atoms with E-state index in [-0.39, 0.29) is 0 Å². The number of rotatable bonds is 3. The Morgan fingerprint density at radius 2 is 2.29 bits per heavy atom. The molecule has 2 rings (SSSR count). The van der Waals surface area contributed by atoms with Crippen molar-refractivity contribution in [3.63, 3.8) is 0 Å². The molecule has 2 heterocycles. The van der Waals surface area contributed by atoms with Crippen LogP contribution in [0, 0.1) is 5.41 Å². The van der Waals surface area contributed by atoms with Crippen LogP contribution < -0.4 is 10.2 Å². The first kappa shape index (κ1) is 12.7. The summed E-state index contributed by atoms with van der Waals surface area (Å²) in [6.07, 6.45) is 3.10. The van der Waals surface area contributed by atoms with Crippen LogP contribution in [0.1, 0.15) is 25.8 Å². The van der Waals surface area contributed by atoms with Gasteiger partial charge in [-0.25, -0.2) is 4.98 Å². The van der Waals surface area contributed by atoms with Crippen molar-refractivity contribution in [2.45, 2.75) is 26.8 Å². The number of nitrogens with one attached hydrogen (secondary N) is 1. The molecule has 1 N–H and O–H groups in total. The molecule has 1 aliphatic heterocycles. The van der Waals surface area contributed by atoms with E-state index in [1.165, 1.54) is 6.42 Å². The smallest absolute Gasteiger partial charge is 0.147 e. The zero-order valence-corrected chi connectivity index (χ0v) is 11.5. The average molecular weight is 254 g/mol. The highest BCUT2D eigenvalue weighted by Crippen LogP contribution is 2.34. The third-order valence-corrected chi connectivity index (χ3v) is 3.51. The van der Waals surface area contributed by atoms with Gasteiger partial charge >= 0.3 is 0 Å². The van der Waals surface area contributed by atoms with Crippen LogP contribution in [0.4, 0.5) is 5.82 Å². The summed E-state index contributed by atoms with van der Waals surface area (Å²) in [4.78, 5) is 6.78. The minimum Gasteiger partial charge on any atom is -0.355 e. The molecule has 0 aliphatic carbocycles. The van der Waals surface area contributed by atoms with Gasteiger partial charge in [-0.3, -0.25) is 0 Å². The van der Waals surface area contributed by atoms with Crippen molar-refractivity contribution in [3.8, 4) is 0 Å². The molecule has 1 aromatic rings. The molecule has 94 valence electrons. The fraction of sp³-hybridized carbons (Fsp3) is 0.615. The Balaban J connectivity index is 2.17. The predicted molar refractivity (Wildman–Crippen MR) is 72.6 cm³/mol. The monoisotopic (exact) mass is 253 g/mol. The van der Waals surface area contributed by atoms with E-state index in [0.717, 1.165) is 36.0 Å². The first-order chi connectivity index (χ1) is 8.02. The number of hydrogen-bond acceptors (Lipinski definition) is 3. The second kappa shape index (κ2) is 4.83. The fourth-order valence-corrected chi connectivity index (χ4v) is 2.61. The molecule has 0 radical (unpaired) electrons. The van der Waals surface area contributed by atoms with Crippen LogP contribution in [0.5, 0.6) is 0 Å². The van der Waals surface area contributed by atoms with Gasteiger partial charge in [-0.05, 0) is 30.5 Å². The van der Waals surface area contributed by atoms with Crippen molar-refractivity contribution in [2.24, 2.45) is 5.41 Å². The third kappa shape index (κ3) is 2.90. The zero-order chi connectivity index (χ0) is 12.5. The number of aromatic nitrogens is 1. The summed E-state index contributed by atoms with van der Waals surface area (Å²) in [5.74, 6) is 0.928. The predicted octanol–water partition coefficient (Wildman–Crippen LogP) is 2.69. The molecule has 1 fully saturated rings. The van der Waals surface area contributed by atoms with Gasteiger partial charge in [0.15, 0.2) is 0 Å². The van der Waals surface area contributed by atoms with Crippen LogP contribution in [0.3, 0.4) is 0 Å². The Bertz CT molecular complexity index is 404. The molecule has 0 aromatic carbocycles. The molecule has 4 heteroatoms. The summed E-state index contributed by atoms with van der Waals surface area (Å²) in [6, 6.07) is 2.01. The van der Waals surface area contributed by atoms with Crippen molar-refractivity contribution in [1.29, 1.82) is 0 Å². The molecule has 0 atom stereocenters. The third-order valence-electron chi connectivity index (χ3n) is 3.24. The lowest BCUT2D eigenvalue weighted by atomic mass is 9.93. The summed E-state index contributed by atoms with van der Waals surface area (Å²) < 4.78 is 0. The minimum atomic E-state index is 0.370. The summed E-state index contributed by atoms with van der Waals surface area (Å²) >= 11 is 6.31. The van der Waals surface area contributed by atoms with Crippen molar-refractivity contribution in [1.82, 2.24) is 10.3 Å². The molecule has 3 nitrogen and oxygen atoms in total. The van der Waals surface area contributed by atoms with Crippen LogP contribution >= 0.6 is 11.6 Å². The Labute approximate surface area is 108 Å². The SMILES string of the molecule is CNCc1cnc(N2CCC(C)(C)C2)c(Cl)c1. The molecule has 1 aliphatic rings. The van der Waals surface area contributed by atoms with Gasteiger partial charge in [-0.1, -0.05) is 25.4 Å². The van der Waals surface area contributed by atoms with E-state index in [2.05, 4.69) is 29.0 Å². The average Bonchev–Trinajstić information content (AvgIpc) is 2.59. The van der Waals surface area contributed by atoms with Gasteiger partial charge < -0.3 is 10.2 Å². The van der Waals surface area contributed by atoms with Gasteiger partial charge in [0, 0.05) is 25.8 Å². The van der Waals surface area contributed by atoms with Crippen molar-refractivity contribution >= 4 is 17.4 Å². The van der Waals surface area contributed by atoms with E-state index in [4.69, 9.17) is 11.6 Å². The lowest BCUT2D eigenvalue weighted by Crippen LogP contribution is -2.24. The lowest BCUT2D eigenvalue weighted by molar-refractivity contribution is 0.418. The van der Waals surface area contributed by atoms with Crippen LogP contribution in [0.2, 0.25) is 5.02 Å². The molecular formula is C13H20ClN3. The summed E-state index contributed by atoms with van der Waals surface area (Å²) in [7, 11) is 1.92. The quantitative estimate of drug-likeness (QED) is 0.898. The van der Waals surface area contributed by atoms with E-state index in [9.17, 15) is 0 Å². The number of nitrogens with zero attached hydrogens (tertiary/aromatic N) is 2. The van der Waals surface area contributed by atoms with E-state index >= 15 is 0 Å². The Morgan fingerprint density at radius 1 is 1.53 bits per heavy atom. The Kier molecular flexibility index (Phi) is 3.59. The van der Waals surface area contributed by atoms with Gasteiger partial charge in [0.1, 0.15) is 5.82 Å². The van der Waals surface area contributed by atoms with Gasteiger partial charge in [0.05, 0.1) is 5.02 Å². The topological polar surface area (TPSA) is 28.2 Å². The number of hydrogen-bond donors (Lipinski definition) is 1. The molecule has 0 unspecified atom stereocenters. The van der Waals surface area contributed by atoms with Crippen molar-refractivity contribution < 1.29 is 0 Å². The molecule has 0 amide bonds. The normalized spacial score (nSPS) is 18.7. The lowest BCUT2D eigenvalue weighted by Gasteiger charge is -2.21. The fourth-order valence-electron chi connectivity index (χ4n) is 2.30. The highest BCUT2D eigenvalue weighted by Gasteiger charge is 2.30. The van der Waals surface area contributed by atoms with E-state index in [1.807, 2.05) is 19.3 Å². The van der Waals surface area contributed by atoms with Crippen LogP contribution in [-0.4, -0.2) is 25.1 Å². The van der Waals surface area contributed by atoms with Gasteiger partial charge in [-0.2, -0.15) is 0 Å². The summed E-state index contributed by atoms with van der Waals surface area (Å²) in [5.41, 5.74) is 1.49. The highest BCUT2D eigenvalue weighted by atomic mass is 35.5. The maximum absolute atomic E-state index is 6.31. The standard InChI is InChI=1S/C13H20ClN3/c1-13(2)4-5-17(9-13)12-11(14)6-10(7-15-3)8-16-12/h6,8,15H,4-5,7,9H2,1-3H3. The second-order valence-corrected chi connectivity index (χ2v) is 5.92. The first-order valence-electron chi connectivity index (χ1n) is 6.06. The van der Waals surface area contributed by atoms with E-state index in [0.29, 0.717) is 5.41 Å². The number of pyridine rings is 1. The highest BCUT2D eigenvalue weighted by molar-refractivity contribution is 6.33. The minimum absolute atomic E-state index is 0.370. The second-order valence-electron chi connectivity index (χ2n) is 5.52. The summed E-state index contributed by atoms with van der Waals surface area (Å²) in [5, 5.41) is 3.86. The van der Waals surface area contributed by atoms with Crippen LogP contribution in [-0.2, 0) is 6.54 Å². The Morgan fingerprint density at radius 3 is 2.82 bits per heavy atom. The molecule has 0 saturated carbocycles. The number of halogens is 1. The van der Waals surface area contributed by atoms with E-state index in [1.54, 1.807) is 0 Å². The zero-order valence-electron chi connectivity index (χ0n) is 10.8. The van der Waals surface area contributed by atoms with Gasteiger partial charge in [-0.15, -0.1) is 0 Å². The molecule has 0 spiro atoms. The van der Waals surface area contributed by atoms with Crippen molar-refractivity contribution in [2.75, 3.05) is 25.0 Å². The Hall–Kier alpha value is -0.800. The molecular weight excluding hydrogens is 234 g/mol. The first-order valence-corrected chi connectivity index (χ1v) is 6.44. The van der Waals surface area contributed by atoms with Gasteiger partial charge in [0.25, 0.3) is 0 Å². The van der Waals surface area contributed by atoms with E-state index < -0.39 is 0 Å². The molecule has 1 aromatic heterocycles. The van der Waals surface area contributed by atoms with Crippen LogP contribution in [0.25, 0.3) is 0 Å². The van der Waals surface area contributed by atoms with Crippen LogP contribution in [0.15, 0.2) is 12.3 Å². The van der Waals surface area contributed by atoms with Crippen molar-refractivity contribution in [3.05, 3.63) is 22.8 Å². The van der Waals surface area contributed by atoms with Gasteiger partial charge in [0.2, 0.25) is 0 Å². The maximum Gasteiger partial charge on any atom is 0.147 e. The maximum atomic E-state index is 6.31. The number of anilines is 1. The largest absolute Gasteiger partial charge is 0.355 e. The molecule has 17 heavy (non-hydrogen) atoms. The molecule has 1 saturated heterocycles. The summed E-state index contributed by atoms with van der Waals surface area (Å²) in [6.45, 7) is 7.46.